The lowest BCUT2D eigenvalue weighted by Crippen LogP contribution is -2.28. The van der Waals surface area contributed by atoms with Gasteiger partial charge in [0, 0.05) is 31.9 Å². The summed E-state index contributed by atoms with van der Waals surface area (Å²) in [6, 6.07) is 20.6. The molecule has 14 nitrogen and oxygen atoms in total. The maximum atomic E-state index is 13.2. The summed E-state index contributed by atoms with van der Waals surface area (Å²) in [7, 11) is 5.57. The van der Waals surface area contributed by atoms with Gasteiger partial charge in [0.05, 0.1) is 13.7 Å². The highest BCUT2D eigenvalue weighted by Crippen LogP contribution is 2.35. The molecular formula is C35H46N6O8. The molecule has 49 heavy (non-hydrogen) atoms. The number of likely N-dealkylation sites (N-methyl/N-ethyl adjacent to an activating group) is 1. The van der Waals surface area contributed by atoms with Crippen LogP contribution < -0.4 is 25.6 Å². The second-order valence-electron chi connectivity index (χ2n) is 11.1. The van der Waals surface area contributed by atoms with Gasteiger partial charge in [-0.15, -0.1) is 5.10 Å². The summed E-state index contributed by atoms with van der Waals surface area (Å²) >= 11 is 0. The molecule has 4 aromatic rings. The first kappa shape index (κ1) is 39.5. The van der Waals surface area contributed by atoms with Crippen molar-refractivity contribution in [1.29, 1.82) is 5.41 Å². The van der Waals surface area contributed by atoms with E-state index in [4.69, 9.17) is 50.3 Å². The van der Waals surface area contributed by atoms with Gasteiger partial charge in [0.25, 0.3) is 11.9 Å². The van der Waals surface area contributed by atoms with Crippen LogP contribution in [-0.4, -0.2) is 88.1 Å². The monoisotopic (exact) mass is 678 g/mol. The fraction of sp³-hybridized carbons (Fsp3) is 0.343. The third-order valence-corrected chi connectivity index (χ3v) is 6.60. The third-order valence-electron chi connectivity index (χ3n) is 6.60. The number of nitrogen functional groups attached to an aromatic ring is 1. The fourth-order valence-electron chi connectivity index (χ4n) is 4.77. The summed E-state index contributed by atoms with van der Waals surface area (Å²) < 4.78 is 19.0. The fourth-order valence-corrected chi connectivity index (χ4v) is 4.77. The van der Waals surface area contributed by atoms with Gasteiger partial charge in [0.15, 0.2) is 11.5 Å². The third kappa shape index (κ3) is 12.8. The van der Waals surface area contributed by atoms with Crippen molar-refractivity contribution in [3.05, 3.63) is 99.7 Å². The second kappa shape index (κ2) is 19.3. The van der Waals surface area contributed by atoms with E-state index >= 15 is 0 Å². The minimum atomic E-state index is -0.833. The Labute approximate surface area is 285 Å². The summed E-state index contributed by atoms with van der Waals surface area (Å²) in [6.45, 7) is 7.35. The van der Waals surface area contributed by atoms with Gasteiger partial charge in [-0.25, -0.2) is 4.79 Å². The Bertz CT molecular complexity index is 1710. The molecule has 0 amide bonds. The van der Waals surface area contributed by atoms with Crippen LogP contribution in [0.25, 0.3) is 5.69 Å². The average Bonchev–Trinajstić information content (AvgIpc) is 3.41. The standard InChI is InChI=1S/C31H38N6O4.2C2H4O2/c1-6-40-28-18-23(15-16-27(28)41-20(2)19-36(3)4)24(17-21-11-13-22(14-12-21)29(32)33)30-34-31(38)37(35-30)25-9-7-8-10-26(25)39-5;2*1-2(3)4/h7-16,18,20,24H,6,17,19H2,1-5H3,(H3,32,33)(H,34,35,38);2*1H3,(H,3,4). The number of nitrogens with one attached hydrogen (secondary N) is 2. The Kier molecular flexibility index (Phi) is 15.5. The van der Waals surface area contributed by atoms with Crippen molar-refractivity contribution >= 4 is 17.8 Å². The number of aliphatic carboxylic acids is 2. The summed E-state index contributed by atoms with van der Waals surface area (Å²) in [5.74, 6) is 0.328. The van der Waals surface area contributed by atoms with Gasteiger partial charge < -0.3 is 35.1 Å². The van der Waals surface area contributed by atoms with Crippen molar-refractivity contribution in [3.8, 4) is 22.9 Å². The molecule has 0 aliphatic carbocycles. The highest BCUT2D eigenvalue weighted by Gasteiger charge is 2.24. The van der Waals surface area contributed by atoms with Crippen LogP contribution in [0, 0.1) is 5.41 Å². The zero-order chi connectivity index (χ0) is 36.7. The largest absolute Gasteiger partial charge is 0.494 e. The van der Waals surface area contributed by atoms with Crippen molar-refractivity contribution in [2.75, 3.05) is 34.4 Å². The molecule has 4 rings (SSSR count). The van der Waals surface area contributed by atoms with Crippen LogP contribution in [0.2, 0.25) is 0 Å². The zero-order valence-electron chi connectivity index (χ0n) is 28.9. The molecule has 14 heteroatoms. The van der Waals surface area contributed by atoms with Crippen LogP contribution in [0.15, 0.2) is 71.5 Å². The number of hydrogen-bond acceptors (Lipinski definition) is 9. The topological polar surface area (TPSA) is 206 Å². The molecule has 6 N–H and O–H groups in total. The van der Waals surface area contributed by atoms with E-state index in [2.05, 4.69) is 9.88 Å². The lowest BCUT2D eigenvalue weighted by molar-refractivity contribution is -0.135. The Morgan fingerprint density at radius 3 is 2.16 bits per heavy atom. The van der Waals surface area contributed by atoms with Crippen LogP contribution >= 0.6 is 0 Å². The molecule has 0 fully saturated rings. The zero-order valence-corrected chi connectivity index (χ0v) is 28.9. The number of aromatic amines is 1. The molecule has 1 aromatic heterocycles. The molecule has 0 spiro atoms. The second-order valence-corrected chi connectivity index (χ2v) is 11.1. The maximum absolute atomic E-state index is 13.2. The molecule has 0 saturated heterocycles. The molecule has 0 saturated carbocycles. The Hall–Kier alpha value is -5.63. The van der Waals surface area contributed by atoms with Crippen molar-refractivity contribution in [1.82, 2.24) is 19.7 Å². The number of hydrogen-bond donors (Lipinski definition) is 5. The highest BCUT2D eigenvalue weighted by molar-refractivity contribution is 5.94. The Morgan fingerprint density at radius 2 is 1.61 bits per heavy atom. The first-order valence-electron chi connectivity index (χ1n) is 15.4. The van der Waals surface area contributed by atoms with E-state index in [1.54, 1.807) is 19.2 Å². The average molecular weight is 679 g/mol. The smallest absolute Gasteiger partial charge is 0.348 e. The SMILES string of the molecule is CC(=O)O.CC(=O)O.CCOc1cc(C(Cc2ccc(C(=N)N)cc2)c2nn(-c3ccccc3OC)c(=O)[nH]2)ccc1OC(C)CN(C)C. The van der Waals surface area contributed by atoms with E-state index in [1.165, 1.54) is 4.68 Å². The van der Waals surface area contributed by atoms with E-state index in [0.29, 0.717) is 47.4 Å². The minimum absolute atomic E-state index is 0.00780. The first-order chi connectivity index (χ1) is 23.2. The summed E-state index contributed by atoms with van der Waals surface area (Å²) in [4.78, 5) is 36.2. The Balaban J connectivity index is 0.000000939. The van der Waals surface area contributed by atoms with Crippen molar-refractivity contribution in [2.24, 2.45) is 5.73 Å². The van der Waals surface area contributed by atoms with E-state index in [9.17, 15) is 4.79 Å². The number of carboxylic acids is 2. The predicted molar refractivity (Wildman–Crippen MR) is 187 cm³/mol. The number of benzene rings is 3. The van der Waals surface area contributed by atoms with E-state index in [1.807, 2.05) is 82.5 Å². The van der Waals surface area contributed by atoms with Crippen molar-refractivity contribution < 1.29 is 34.0 Å². The van der Waals surface area contributed by atoms with Gasteiger partial charge in [-0.1, -0.05) is 42.5 Å². The number of amidine groups is 1. The lowest BCUT2D eigenvalue weighted by Gasteiger charge is -2.22. The number of nitrogens with zero attached hydrogens (tertiary/aromatic N) is 3. The summed E-state index contributed by atoms with van der Waals surface area (Å²) in [5, 5.41) is 27.3. The van der Waals surface area contributed by atoms with Crippen LogP contribution in [0.1, 0.15) is 56.1 Å². The van der Waals surface area contributed by atoms with Crippen LogP contribution in [0.5, 0.6) is 17.2 Å². The molecule has 0 radical (unpaired) electrons. The Morgan fingerprint density at radius 1 is 1.00 bits per heavy atom. The van der Waals surface area contributed by atoms with Gasteiger partial charge in [-0.05, 0) is 69.8 Å². The number of H-pyrrole nitrogens is 1. The molecule has 0 aliphatic heterocycles. The van der Waals surface area contributed by atoms with Crippen molar-refractivity contribution in [2.45, 2.75) is 46.1 Å². The molecule has 0 bridgehead atoms. The summed E-state index contributed by atoms with van der Waals surface area (Å²) in [6.07, 6.45) is 0.485. The molecule has 3 aromatic carbocycles. The van der Waals surface area contributed by atoms with Gasteiger partial charge >= 0.3 is 5.69 Å². The molecule has 0 aliphatic rings. The number of aromatic nitrogens is 3. The van der Waals surface area contributed by atoms with Gasteiger partial charge in [-0.2, -0.15) is 4.68 Å². The lowest BCUT2D eigenvalue weighted by atomic mass is 9.90. The molecule has 1 heterocycles. The van der Waals surface area contributed by atoms with E-state index in [0.717, 1.165) is 31.5 Å². The summed E-state index contributed by atoms with van der Waals surface area (Å²) in [5.41, 5.74) is 8.37. The van der Waals surface area contributed by atoms with Crippen LogP contribution in [0.4, 0.5) is 0 Å². The first-order valence-corrected chi connectivity index (χ1v) is 15.4. The minimum Gasteiger partial charge on any atom is -0.494 e. The van der Waals surface area contributed by atoms with Gasteiger partial charge in [-0.3, -0.25) is 20.0 Å². The molecule has 2 unspecified atom stereocenters. The van der Waals surface area contributed by atoms with Crippen LogP contribution in [-0.2, 0) is 16.0 Å². The number of nitrogens with two attached hydrogens (primary N) is 1. The number of ether oxygens (including phenoxy) is 3. The van der Waals surface area contributed by atoms with E-state index < -0.39 is 11.9 Å². The predicted octanol–water partition coefficient (Wildman–Crippen LogP) is 4.14. The van der Waals surface area contributed by atoms with Gasteiger partial charge in [0.1, 0.15) is 29.2 Å². The molecule has 2 atom stereocenters. The normalized spacial score (nSPS) is 11.6. The number of rotatable bonds is 13. The quantitative estimate of drug-likeness (QED) is 0.100. The van der Waals surface area contributed by atoms with Crippen LogP contribution in [0.3, 0.4) is 0 Å². The molecular weight excluding hydrogens is 632 g/mol. The van der Waals surface area contributed by atoms with E-state index in [-0.39, 0.29) is 23.5 Å². The molecule has 264 valence electrons. The van der Waals surface area contributed by atoms with Gasteiger partial charge in [0.2, 0.25) is 0 Å². The maximum Gasteiger partial charge on any atom is 0.348 e. The van der Waals surface area contributed by atoms with Crippen molar-refractivity contribution in [3.63, 3.8) is 0 Å². The number of methoxy groups -OCH3 is 1. The number of carbonyl (C=O) groups is 2. The number of carboxylic acid groups (broad SMARTS) is 2. The highest BCUT2D eigenvalue weighted by atomic mass is 16.5. The number of para-hydroxylation sites is 2.